The van der Waals surface area contributed by atoms with Crippen LogP contribution in [0.25, 0.3) is 11.1 Å². The molecule has 3 rings (SSSR count). The van der Waals surface area contributed by atoms with Gasteiger partial charge < -0.3 is 15.5 Å². The quantitative estimate of drug-likeness (QED) is 0.458. The lowest BCUT2D eigenvalue weighted by Gasteiger charge is -2.13. The minimum atomic E-state index is -1.69. The zero-order chi connectivity index (χ0) is 31.1. The van der Waals surface area contributed by atoms with Crippen molar-refractivity contribution in [3.8, 4) is 11.1 Å². The van der Waals surface area contributed by atoms with Gasteiger partial charge in [-0.25, -0.2) is 4.79 Å². The van der Waals surface area contributed by atoms with E-state index >= 15 is 0 Å². The van der Waals surface area contributed by atoms with Crippen LogP contribution >= 0.6 is 0 Å². The maximum Gasteiger partial charge on any atom is 0.335 e. The average Bonchev–Trinajstić information content (AvgIpc) is 2.91. The molecule has 0 amide bonds. The Morgan fingerprint density at radius 3 is 2.55 bits per heavy atom. The molecule has 29 heavy (non-hydrogen) atoms. The summed E-state index contributed by atoms with van der Waals surface area (Å²) < 4.78 is 97.6. The molecule has 3 N–H and O–H groups in total. The van der Waals surface area contributed by atoms with Crippen LogP contribution in [0.3, 0.4) is 0 Å². The maximum atomic E-state index is 11.7. The number of carboxylic acids is 1. The van der Waals surface area contributed by atoms with Crippen LogP contribution in [0.5, 0.6) is 0 Å². The first-order valence-corrected chi connectivity index (χ1v) is 8.94. The first-order chi connectivity index (χ1) is 19.1. The fourth-order valence-electron chi connectivity index (χ4n) is 2.56. The number of hydrogen-bond acceptors (Lipinski definition) is 3. The predicted molar refractivity (Wildman–Crippen MR) is 116 cm³/mol. The molecule has 0 radical (unpaired) electrons. The number of carboxylic acid groups (broad SMARTS) is 1. The molecule has 0 fully saturated rings. The highest BCUT2D eigenvalue weighted by Crippen LogP contribution is 2.22. The van der Waals surface area contributed by atoms with Crippen molar-refractivity contribution in [3.63, 3.8) is 0 Å². The Morgan fingerprint density at radius 2 is 1.76 bits per heavy atom. The van der Waals surface area contributed by atoms with Gasteiger partial charge in [0.15, 0.2) is 0 Å². The minimum absolute atomic E-state index is 0.00748. The van der Waals surface area contributed by atoms with Gasteiger partial charge in [-0.2, -0.15) is 0 Å². The van der Waals surface area contributed by atoms with Gasteiger partial charge in [-0.1, -0.05) is 66.0 Å². The van der Waals surface area contributed by atoms with E-state index < -0.39 is 89.2 Å². The van der Waals surface area contributed by atoms with E-state index in [2.05, 4.69) is 5.32 Å². The molecule has 4 heteroatoms. The smallest absolute Gasteiger partial charge is 0.335 e. The molecule has 0 aliphatic rings. The van der Waals surface area contributed by atoms with Gasteiger partial charge in [0, 0.05) is 6.54 Å². The fourth-order valence-corrected chi connectivity index (χ4v) is 2.56. The molecule has 0 bridgehead atoms. The fraction of sp³-hybridized carbons (Fsp3) is 0.240. The molecule has 3 aromatic carbocycles. The van der Waals surface area contributed by atoms with E-state index in [4.69, 9.17) is 16.4 Å². The summed E-state index contributed by atoms with van der Waals surface area (Å²) in [7, 11) is 0. The summed E-state index contributed by atoms with van der Waals surface area (Å²) in [6, 6.07) is -6.70. The van der Waals surface area contributed by atoms with Gasteiger partial charge in [-0.05, 0) is 60.6 Å². The third-order valence-corrected chi connectivity index (χ3v) is 3.99. The lowest BCUT2D eigenvalue weighted by atomic mass is 9.99. The van der Waals surface area contributed by atoms with E-state index in [-0.39, 0.29) is 54.7 Å². The van der Waals surface area contributed by atoms with Crippen LogP contribution in [-0.4, -0.2) is 29.3 Å². The summed E-state index contributed by atoms with van der Waals surface area (Å²) in [5, 5.41) is 22.9. The van der Waals surface area contributed by atoms with Gasteiger partial charge in [0.1, 0.15) is 0 Å². The van der Waals surface area contributed by atoms with Crippen LogP contribution in [-0.2, 0) is 6.42 Å². The summed E-state index contributed by atoms with van der Waals surface area (Å²) in [6.45, 7) is 1.55. The van der Waals surface area contributed by atoms with Crippen molar-refractivity contribution in [2.75, 3.05) is 13.1 Å². The number of aromatic carboxylic acids is 1. The summed E-state index contributed by atoms with van der Waals surface area (Å²) in [4.78, 5) is 11.7. The Bertz CT molecular complexity index is 1530. The largest absolute Gasteiger partial charge is 0.478 e. The van der Waals surface area contributed by atoms with E-state index in [1.165, 1.54) is 6.92 Å². The van der Waals surface area contributed by atoms with Crippen LogP contribution in [0.4, 0.5) is 0 Å². The monoisotopic (exact) mass is 401 g/mol. The van der Waals surface area contributed by atoms with Gasteiger partial charge in [-0.15, -0.1) is 0 Å². The molecule has 4 nitrogen and oxygen atoms in total. The Hall–Kier alpha value is -2.95. The molecule has 1 atom stereocenters. The number of carbonyl (C=O) groups is 1. The molecule has 0 saturated carbocycles. The highest BCUT2D eigenvalue weighted by Gasteiger charge is 2.07. The SMILES string of the molecule is [2H]c1c([2H])c(CCCNC[C@H](O)c2c([2H])c([2H])c([2H])c(C)c2[2H])c([2H])c(-c2c([2H])c([2H])c([2H])c(C(=O)O)c2[2H])c1[2H]. The Morgan fingerprint density at radius 1 is 1.03 bits per heavy atom. The third-order valence-electron chi connectivity index (χ3n) is 3.99. The number of rotatable bonds is 9. The van der Waals surface area contributed by atoms with Crippen molar-refractivity contribution < 1.29 is 31.5 Å². The van der Waals surface area contributed by atoms with Crippen molar-refractivity contribution in [1.82, 2.24) is 5.32 Å². The second kappa shape index (κ2) is 10.0. The lowest BCUT2D eigenvalue weighted by Crippen LogP contribution is -2.22. The Labute approximate surface area is 188 Å². The molecule has 0 unspecified atom stereocenters. The van der Waals surface area contributed by atoms with Crippen LogP contribution in [0, 0.1) is 6.92 Å². The van der Waals surface area contributed by atoms with E-state index in [1.807, 2.05) is 0 Å². The second-order valence-corrected chi connectivity index (χ2v) is 6.27. The first kappa shape index (κ1) is 10.2. The first-order valence-electron chi connectivity index (χ1n) is 14.9. The molecule has 0 spiro atoms. The molecule has 3 aromatic rings. The number of hydrogen-bond donors (Lipinski definition) is 3. The molecular weight excluding hydrogens is 362 g/mol. The molecule has 0 aliphatic heterocycles. The van der Waals surface area contributed by atoms with Crippen molar-refractivity contribution in [2.24, 2.45) is 0 Å². The highest BCUT2D eigenvalue weighted by atomic mass is 16.4. The lowest BCUT2D eigenvalue weighted by molar-refractivity contribution is 0.0697. The second-order valence-electron chi connectivity index (χ2n) is 6.27. The van der Waals surface area contributed by atoms with Gasteiger partial charge in [-0.3, -0.25) is 0 Å². The average molecular weight is 402 g/mol. The molecule has 0 heterocycles. The van der Waals surface area contributed by atoms with Crippen LogP contribution < -0.4 is 5.32 Å². The van der Waals surface area contributed by atoms with Gasteiger partial charge >= 0.3 is 5.97 Å². The predicted octanol–water partition coefficient (Wildman–Crippen LogP) is 4.62. The Balaban J connectivity index is 1.88. The summed E-state index contributed by atoms with van der Waals surface area (Å²) >= 11 is 0. The maximum absolute atomic E-state index is 11.7. The van der Waals surface area contributed by atoms with Crippen LogP contribution in [0.1, 0.15) is 56.0 Å². The van der Waals surface area contributed by atoms with Gasteiger partial charge in [0.2, 0.25) is 0 Å². The summed E-state index contributed by atoms with van der Waals surface area (Å²) in [5.74, 6) is -1.69. The van der Waals surface area contributed by atoms with Crippen molar-refractivity contribution >= 4 is 5.97 Å². The molecular formula is C25H27NO3. The number of nitrogens with one attached hydrogen (secondary N) is 1. The normalized spacial score (nSPS) is 17.7. The summed E-state index contributed by atoms with van der Waals surface area (Å²) in [6.07, 6.45) is -1.07. The molecule has 0 aliphatic carbocycles. The van der Waals surface area contributed by atoms with Crippen molar-refractivity contribution in [3.05, 3.63) is 94.8 Å². The van der Waals surface area contributed by atoms with E-state index in [1.54, 1.807) is 0 Å². The number of aliphatic hydroxyl groups is 1. The zero-order valence-electron chi connectivity index (χ0n) is 27.7. The number of aliphatic hydroxyl groups excluding tert-OH is 1. The summed E-state index contributed by atoms with van der Waals surface area (Å²) in [5.41, 5.74) is -1.79. The van der Waals surface area contributed by atoms with Crippen LogP contribution in [0.15, 0.2) is 72.5 Å². The highest BCUT2D eigenvalue weighted by molar-refractivity contribution is 5.89. The van der Waals surface area contributed by atoms with Gasteiger partial charge in [0.25, 0.3) is 0 Å². The minimum Gasteiger partial charge on any atom is -0.478 e. The molecule has 0 saturated heterocycles. The van der Waals surface area contributed by atoms with Crippen molar-refractivity contribution in [2.45, 2.75) is 25.9 Å². The topological polar surface area (TPSA) is 69.6 Å². The van der Waals surface area contributed by atoms with Crippen molar-refractivity contribution in [1.29, 1.82) is 0 Å². The molecule has 0 aromatic heterocycles. The van der Waals surface area contributed by atoms with Crippen LogP contribution in [0.2, 0.25) is 0 Å². The Kier molecular flexibility index (Phi) is 3.52. The van der Waals surface area contributed by atoms with E-state index in [0.717, 1.165) is 0 Å². The molecule has 150 valence electrons. The number of benzene rings is 3. The van der Waals surface area contributed by atoms with E-state index in [9.17, 15) is 15.0 Å². The van der Waals surface area contributed by atoms with Gasteiger partial charge in [0.05, 0.1) is 28.1 Å². The third kappa shape index (κ3) is 6.01. The standard InChI is InChI=1S/C25H27NO3/c1-18-6-2-11-22(14-18)24(27)17-26-13-5-8-19-7-3-9-20(15-19)21-10-4-12-23(16-21)25(28)29/h2-4,6-7,9-12,14-16,24,26-27H,5,8,13,17H2,1H3,(H,28,29)/t24-/m0/s1/i2D,3D,4D,6D,7D,9D,10D,11D,12D,14D,15D,16D. The zero-order valence-corrected chi connectivity index (χ0v) is 15.7. The van der Waals surface area contributed by atoms with E-state index in [0.29, 0.717) is 0 Å².